The zero-order chi connectivity index (χ0) is 11.7. The van der Waals surface area contributed by atoms with Crippen molar-refractivity contribution in [1.82, 2.24) is 0 Å². The molecule has 0 saturated carbocycles. The molecule has 0 saturated heterocycles. The fourth-order valence-corrected chi connectivity index (χ4v) is 1.99. The highest BCUT2D eigenvalue weighted by Crippen LogP contribution is 2.57. The van der Waals surface area contributed by atoms with E-state index in [2.05, 4.69) is 6.58 Å². The molecular weight excluding hydrogens is 218 g/mol. The van der Waals surface area contributed by atoms with Crippen molar-refractivity contribution < 1.29 is 18.7 Å². The summed E-state index contributed by atoms with van der Waals surface area (Å²) >= 11 is 0. The highest BCUT2D eigenvalue weighted by Gasteiger charge is 2.42. The fourth-order valence-electron chi connectivity index (χ4n) is 1.26. The van der Waals surface area contributed by atoms with Gasteiger partial charge in [-0.15, -0.1) is 6.58 Å². The molecular formula is C10H12FO3P. The van der Waals surface area contributed by atoms with E-state index in [1.54, 1.807) is 0 Å². The first-order valence-electron chi connectivity index (χ1n) is 4.27. The first-order valence-corrected chi connectivity index (χ1v) is 5.88. The van der Waals surface area contributed by atoms with Crippen molar-refractivity contribution in [2.45, 2.75) is 12.1 Å². The van der Waals surface area contributed by atoms with Crippen LogP contribution < -0.4 is 0 Å². The number of allylic oxidation sites excluding steroid dienone is 1. The number of hydrogen-bond acceptors (Lipinski definition) is 1. The molecule has 0 aromatic heterocycles. The van der Waals surface area contributed by atoms with Gasteiger partial charge in [-0.2, -0.15) is 0 Å². The minimum Gasteiger partial charge on any atom is -0.324 e. The predicted molar refractivity (Wildman–Crippen MR) is 56.0 cm³/mol. The van der Waals surface area contributed by atoms with Gasteiger partial charge in [-0.1, -0.05) is 24.3 Å². The van der Waals surface area contributed by atoms with E-state index in [1.807, 2.05) is 0 Å². The molecule has 1 rings (SSSR count). The lowest BCUT2D eigenvalue weighted by atomic mass is 10.00. The third-order valence-electron chi connectivity index (χ3n) is 2.42. The van der Waals surface area contributed by atoms with Gasteiger partial charge >= 0.3 is 7.60 Å². The zero-order valence-corrected chi connectivity index (χ0v) is 9.12. The fraction of sp³-hybridized carbons (Fsp3) is 0.200. The van der Waals surface area contributed by atoms with Crippen LogP contribution in [0.25, 0.3) is 0 Å². The van der Waals surface area contributed by atoms with Crippen molar-refractivity contribution in [2.75, 3.05) is 0 Å². The molecule has 82 valence electrons. The van der Waals surface area contributed by atoms with E-state index < -0.39 is 18.6 Å². The predicted octanol–water partition coefficient (Wildman–Crippen LogP) is 2.40. The average Bonchev–Trinajstić information content (AvgIpc) is 2.15. The van der Waals surface area contributed by atoms with Crippen molar-refractivity contribution in [3.63, 3.8) is 0 Å². The lowest BCUT2D eigenvalue weighted by molar-refractivity contribution is 0.344. The smallest absolute Gasteiger partial charge is 0.324 e. The molecule has 0 heterocycles. The maximum atomic E-state index is 13.4. The summed E-state index contributed by atoms with van der Waals surface area (Å²) in [5.41, 5.74) is -0.0478. The van der Waals surface area contributed by atoms with Crippen molar-refractivity contribution in [3.05, 3.63) is 48.3 Å². The molecule has 1 aromatic carbocycles. The molecule has 2 N–H and O–H groups in total. The second-order valence-electron chi connectivity index (χ2n) is 3.38. The van der Waals surface area contributed by atoms with Gasteiger partial charge in [0.15, 0.2) is 0 Å². The summed E-state index contributed by atoms with van der Waals surface area (Å²) in [7, 11) is -4.49. The monoisotopic (exact) mass is 230 g/mol. The van der Waals surface area contributed by atoms with Crippen LogP contribution in [-0.4, -0.2) is 9.79 Å². The van der Waals surface area contributed by atoms with Gasteiger partial charge in [-0.3, -0.25) is 4.57 Å². The Balaban J connectivity index is 3.43. The maximum Gasteiger partial charge on any atom is 0.339 e. The minimum atomic E-state index is -4.49. The lowest BCUT2D eigenvalue weighted by Crippen LogP contribution is -2.20. The summed E-state index contributed by atoms with van der Waals surface area (Å²) in [5, 5.41) is -1.68. The average molecular weight is 230 g/mol. The highest BCUT2D eigenvalue weighted by atomic mass is 31.2. The standard InChI is InChI=1S/C10H12FO3P/c1-3-10(2,15(12,13)14)8-6-4-5-7-9(8)11/h3-7H,1H2,2H3,(H2,12,13,14). The van der Waals surface area contributed by atoms with Gasteiger partial charge in [0.25, 0.3) is 0 Å². The van der Waals surface area contributed by atoms with Crippen LogP contribution in [0.1, 0.15) is 12.5 Å². The molecule has 0 radical (unpaired) electrons. The Morgan fingerprint density at radius 2 is 2.00 bits per heavy atom. The van der Waals surface area contributed by atoms with E-state index in [0.29, 0.717) is 0 Å². The molecule has 0 spiro atoms. The molecule has 0 aliphatic heterocycles. The Morgan fingerprint density at radius 1 is 1.47 bits per heavy atom. The number of benzene rings is 1. The van der Waals surface area contributed by atoms with E-state index in [4.69, 9.17) is 0 Å². The third kappa shape index (κ3) is 2.02. The molecule has 3 nitrogen and oxygen atoms in total. The normalized spacial score (nSPS) is 15.7. The zero-order valence-electron chi connectivity index (χ0n) is 8.22. The summed E-state index contributed by atoms with van der Waals surface area (Å²) in [5.74, 6) is -0.650. The Bertz CT molecular complexity index is 426. The van der Waals surface area contributed by atoms with Crippen LogP contribution in [0.5, 0.6) is 0 Å². The van der Waals surface area contributed by atoms with E-state index in [-0.39, 0.29) is 5.56 Å². The summed E-state index contributed by atoms with van der Waals surface area (Å²) in [6, 6.07) is 5.49. The summed E-state index contributed by atoms with van der Waals surface area (Å²) < 4.78 is 24.7. The number of rotatable bonds is 3. The van der Waals surface area contributed by atoms with Crippen LogP contribution in [0, 0.1) is 5.82 Å². The molecule has 0 aliphatic rings. The van der Waals surface area contributed by atoms with Crippen LogP contribution in [0.3, 0.4) is 0 Å². The van der Waals surface area contributed by atoms with Gasteiger partial charge < -0.3 is 9.79 Å². The summed E-state index contributed by atoms with van der Waals surface area (Å²) in [4.78, 5) is 18.4. The van der Waals surface area contributed by atoms with Crippen LogP contribution in [-0.2, 0) is 9.72 Å². The Kier molecular flexibility index (Phi) is 3.14. The van der Waals surface area contributed by atoms with Gasteiger partial charge in [0.05, 0.1) is 0 Å². The summed E-state index contributed by atoms with van der Waals surface area (Å²) in [6.07, 6.45) is 1.08. The minimum absolute atomic E-state index is 0.0478. The van der Waals surface area contributed by atoms with Crippen molar-refractivity contribution >= 4 is 7.60 Å². The van der Waals surface area contributed by atoms with Crippen molar-refractivity contribution in [1.29, 1.82) is 0 Å². The highest BCUT2D eigenvalue weighted by molar-refractivity contribution is 7.53. The SMILES string of the molecule is C=CC(C)(c1ccccc1F)P(=O)(O)O. The largest absolute Gasteiger partial charge is 0.339 e. The van der Waals surface area contributed by atoms with E-state index in [0.717, 1.165) is 12.1 Å². The van der Waals surface area contributed by atoms with Gasteiger partial charge in [0.2, 0.25) is 0 Å². The molecule has 0 bridgehead atoms. The van der Waals surface area contributed by atoms with Gasteiger partial charge in [-0.25, -0.2) is 4.39 Å². The number of halogens is 1. The number of hydrogen-bond donors (Lipinski definition) is 2. The lowest BCUT2D eigenvalue weighted by Gasteiger charge is -2.27. The van der Waals surface area contributed by atoms with Crippen LogP contribution >= 0.6 is 7.60 Å². The molecule has 0 aliphatic carbocycles. The quantitative estimate of drug-likeness (QED) is 0.619. The second kappa shape index (κ2) is 3.89. The third-order valence-corrected chi connectivity index (χ3v) is 4.06. The van der Waals surface area contributed by atoms with Gasteiger partial charge in [-0.05, 0) is 13.0 Å². The molecule has 0 amide bonds. The van der Waals surface area contributed by atoms with Crippen molar-refractivity contribution in [2.24, 2.45) is 0 Å². The van der Waals surface area contributed by atoms with Crippen molar-refractivity contribution in [3.8, 4) is 0 Å². The summed E-state index contributed by atoms with van der Waals surface area (Å²) in [6.45, 7) is 4.62. The molecule has 0 fully saturated rings. The second-order valence-corrected chi connectivity index (χ2v) is 5.39. The molecule has 15 heavy (non-hydrogen) atoms. The molecule has 1 aromatic rings. The van der Waals surface area contributed by atoms with E-state index >= 15 is 0 Å². The Labute approximate surface area is 87.4 Å². The Morgan fingerprint density at radius 3 is 2.40 bits per heavy atom. The Hall–Kier alpha value is -0.960. The van der Waals surface area contributed by atoms with Crippen LogP contribution in [0.15, 0.2) is 36.9 Å². The van der Waals surface area contributed by atoms with Crippen LogP contribution in [0.2, 0.25) is 0 Å². The molecule has 1 unspecified atom stereocenters. The first kappa shape index (κ1) is 12.1. The van der Waals surface area contributed by atoms with Crippen LogP contribution in [0.4, 0.5) is 4.39 Å². The first-order chi connectivity index (χ1) is 6.83. The topological polar surface area (TPSA) is 57.5 Å². The van der Waals surface area contributed by atoms with Gasteiger partial charge in [0.1, 0.15) is 11.0 Å². The van der Waals surface area contributed by atoms with E-state index in [9.17, 15) is 18.7 Å². The van der Waals surface area contributed by atoms with Gasteiger partial charge in [0, 0.05) is 5.56 Å². The van der Waals surface area contributed by atoms with E-state index in [1.165, 1.54) is 25.1 Å². The molecule has 1 atom stereocenters. The maximum absolute atomic E-state index is 13.4. The molecule has 5 heteroatoms.